The molecule has 2 aromatic carbocycles. The Labute approximate surface area is 168 Å². The topological polar surface area (TPSA) is 47.6 Å². The molecule has 4 heteroatoms. The van der Waals surface area contributed by atoms with Crippen LogP contribution >= 0.6 is 0 Å². The van der Waals surface area contributed by atoms with E-state index in [0.29, 0.717) is 13.2 Å². The predicted molar refractivity (Wildman–Crippen MR) is 113 cm³/mol. The van der Waals surface area contributed by atoms with Crippen LogP contribution in [0.3, 0.4) is 0 Å². The molecule has 4 nitrogen and oxygen atoms in total. The second-order valence-electron chi connectivity index (χ2n) is 7.61. The summed E-state index contributed by atoms with van der Waals surface area (Å²) in [5, 5.41) is 3.08. The molecule has 1 amide bonds. The molecule has 28 heavy (non-hydrogen) atoms. The van der Waals surface area contributed by atoms with E-state index in [2.05, 4.69) is 12.2 Å². The third-order valence-electron chi connectivity index (χ3n) is 5.33. The fraction of sp³-hybridized carbons (Fsp3) is 0.458. The molecule has 0 atom stereocenters. The van der Waals surface area contributed by atoms with Crippen molar-refractivity contribution in [3.8, 4) is 5.75 Å². The van der Waals surface area contributed by atoms with E-state index < -0.39 is 5.60 Å². The van der Waals surface area contributed by atoms with E-state index in [4.69, 9.17) is 9.47 Å². The minimum Gasteiger partial charge on any atom is -0.489 e. The maximum Gasteiger partial charge on any atom is 0.256 e. The Hall–Kier alpha value is -2.33. The number of carbonyl (C=O) groups excluding carboxylic acids is 1. The maximum absolute atomic E-state index is 13.0. The van der Waals surface area contributed by atoms with E-state index in [9.17, 15) is 4.79 Å². The second kappa shape index (κ2) is 9.74. The lowest BCUT2D eigenvalue weighted by molar-refractivity contribution is -0.146. The number of amides is 1. The summed E-state index contributed by atoms with van der Waals surface area (Å²) in [6.07, 6.45) is 5.79. The normalized spacial score (nSPS) is 15.8. The van der Waals surface area contributed by atoms with E-state index in [1.807, 2.05) is 55.5 Å². The molecule has 3 rings (SSSR count). The van der Waals surface area contributed by atoms with Crippen LogP contribution in [0.2, 0.25) is 0 Å². The minimum atomic E-state index is -0.676. The van der Waals surface area contributed by atoms with E-state index >= 15 is 0 Å². The standard InChI is InChI=1S/C24H31NO3/c1-3-16-28-24(14-8-5-9-15-24)23(26)25-21-12-13-22(19(2)17-21)27-18-20-10-6-4-7-11-20/h4,6-7,10-13,17H,3,5,8-9,14-16,18H2,1-2H3,(H,25,26). The molecule has 1 saturated carbocycles. The van der Waals surface area contributed by atoms with Crippen molar-refractivity contribution >= 4 is 11.6 Å². The van der Waals surface area contributed by atoms with Crippen LogP contribution in [0.4, 0.5) is 5.69 Å². The number of hydrogen-bond donors (Lipinski definition) is 1. The van der Waals surface area contributed by atoms with Gasteiger partial charge in [-0.15, -0.1) is 0 Å². The molecule has 0 aromatic heterocycles. The van der Waals surface area contributed by atoms with Crippen LogP contribution in [0.25, 0.3) is 0 Å². The van der Waals surface area contributed by atoms with Gasteiger partial charge in [-0.25, -0.2) is 0 Å². The van der Waals surface area contributed by atoms with Gasteiger partial charge in [-0.05, 0) is 55.5 Å². The molecular formula is C24H31NO3. The van der Waals surface area contributed by atoms with E-state index in [0.717, 1.165) is 54.7 Å². The average molecular weight is 382 g/mol. The monoisotopic (exact) mass is 381 g/mol. The summed E-state index contributed by atoms with van der Waals surface area (Å²) in [5.41, 5.74) is 2.25. The highest BCUT2D eigenvalue weighted by molar-refractivity contribution is 5.97. The average Bonchev–Trinajstić information content (AvgIpc) is 2.73. The third-order valence-corrected chi connectivity index (χ3v) is 5.33. The Bertz CT molecular complexity index is 767. The van der Waals surface area contributed by atoms with Crippen LogP contribution in [-0.4, -0.2) is 18.1 Å². The lowest BCUT2D eigenvalue weighted by Crippen LogP contribution is -2.47. The summed E-state index contributed by atoms with van der Waals surface area (Å²) in [7, 11) is 0. The Morgan fingerprint density at radius 1 is 1.07 bits per heavy atom. The zero-order valence-electron chi connectivity index (χ0n) is 17.0. The SMILES string of the molecule is CCCOC1(C(=O)Nc2ccc(OCc3ccccc3)c(C)c2)CCCCC1. The number of hydrogen-bond acceptors (Lipinski definition) is 3. The first-order chi connectivity index (χ1) is 13.6. The van der Waals surface area contributed by atoms with Gasteiger partial charge in [0.25, 0.3) is 5.91 Å². The van der Waals surface area contributed by atoms with Crippen LogP contribution in [0.15, 0.2) is 48.5 Å². The van der Waals surface area contributed by atoms with Gasteiger partial charge < -0.3 is 14.8 Å². The van der Waals surface area contributed by atoms with Gasteiger partial charge in [0.05, 0.1) is 0 Å². The maximum atomic E-state index is 13.0. The van der Waals surface area contributed by atoms with Crippen molar-refractivity contribution in [1.82, 2.24) is 0 Å². The number of rotatable bonds is 8. The number of aryl methyl sites for hydroxylation is 1. The molecule has 0 bridgehead atoms. The highest BCUT2D eigenvalue weighted by atomic mass is 16.5. The second-order valence-corrected chi connectivity index (χ2v) is 7.61. The zero-order chi connectivity index (χ0) is 19.8. The van der Waals surface area contributed by atoms with Crippen molar-refractivity contribution < 1.29 is 14.3 Å². The van der Waals surface area contributed by atoms with Crippen molar-refractivity contribution in [3.05, 3.63) is 59.7 Å². The lowest BCUT2D eigenvalue weighted by atomic mass is 9.83. The highest BCUT2D eigenvalue weighted by Crippen LogP contribution is 2.33. The molecule has 1 N–H and O–H groups in total. The van der Waals surface area contributed by atoms with Crippen molar-refractivity contribution in [3.63, 3.8) is 0 Å². The van der Waals surface area contributed by atoms with Crippen molar-refractivity contribution in [2.45, 2.75) is 64.6 Å². The summed E-state index contributed by atoms with van der Waals surface area (Å²) >= 11 is 0. The zero-order valence-corrected chi connectivity index (χ0v) is 17.0. The van der Waals surface area contributed by atoms with Gasteiger partial charge in [-0.1, -0.05) is 56.5 Å². The summed E-state index contributed by atoms with van der Waals surface area (Å²) in [4.78, 5) is 13.0. The molecule has 0 unspecified atom stereocenters. The smallest absolute Gasteiger partial charge is 0.256 e. The predicted octanol–water partition coefficient (Wildman–Crippen LogP) is 5.64. The fourth-order valence-corrected chi connectivity index (χ4v) is 3.73. The third kappa shape index (κ3) is 5.14. The minimum absolute atomic E-state index is 0.0157. The molecule has 1 fully saturated rings. The van der Waals surface area contributed by atoms with E-state index in [1.54, 1.807) is 0 Å². The van der Waals surface area contributed by atoms with Crippen LogP contribution in [0.1, 0.15) is 56.6 Å². The molecule has 1 aliphatic carbocycles. The first-order valence-electron chi connectivity index (χ1n) is 10.4. The number of anilines is 1. The van der Waals surface area contributed by atoms with Gasteiger partial charge in [0, 0.05) is 12.3 Å². The molecule has 0 saturated heterocycles. The lowest BCUT2D eigenvalue weighted by Gasteiger charge is -2.35. The Morgan fingerprint density at radius 3 is 2.50 bits per heavy atom. The van der Waals surface area contributed by atoms with Crippen LogP contribution < -0.4 is 10.1 Å². The molecule has 1 aliphatic rings. The van der Waals surface area contributed by atoms with Gasteiger partial charge in [-0.2, -0.15) is 0 Å². The largest absolute Gasteiger partial charge is 0.489 e. The van der Waals surface area contributed by atoms with Crippen molar-refractivity contribution in [2.24, 2.45) is 0 Å². The number of ether oxygens (including phenoxy) is 2. The van der Waals surface area contributed by atoms with Crippen molar-refractivity contribution in [1.29, 1.82) is 0 Å². The van der Waals surface area contributed by atoms with E-state index in [1.165, 1.54) is 6.42 Å². The van der Waals surface area contributed by atoms with Crippen LogP contribution in [0.5, 0.6) is 5.75 Å². The number of carbonyl (C=O) groups is 1. The fourth-order valence-electron chi connectivity index (χ4n) is 3.73. The summed E-state index contributed by atoms with van der Waals surface area (Å²) < 4.78 is 12.0. The Balaban J connectivity index is 1.64. The summed E-state index contributed by atoms with van der Waals surface area (Å²) in [6, 6.07) is 15.9. The number of benzene rings is 2. The Kier molecular flexibility index (Phi) is 7.10. The molecule has 0 spiro atoms. The van der Waals surface area contributed by atoms with Crippen LogP contribution in [-0.2, 0) is 16.1 Å². The van der Waals surface area contributed by atoms with Crippen LogP contribution in [0, 0.1) is 6.92 Å². The summed E-state index contributed by atoms with van der Waals surface area (Å²) in [6.45, 7) is 5.23. The van der Waals surface area contributed by atoms with Gasteiger partial charge in [0.15, 0.2) is 0 Å². The van der Waals surface area contributed by atoms with Crippen molar-refractivity contribution in [2.75, 3.05) is 11.9 Å². The Morgan fingerprint density at radius 2 is 1.82 bits per heavy atom. The summed E-state index contributed by atoms with van der Waals surface area (Å²) in [5.74, 6) is 0.814. The van der Waals surface area contributed by atoms with Gasteiger partial charge in [-0.3, -0.25) is 4.79 Å². The number of nitrogens with one attached hydrogen (secondary N) is 1. The first kappa shape index (κ1) is 20.4. The quantitative estimate of drug-likeness (QED) is 0.643. The molecule has 0 heterocycles. The van der Waals surface area contributed by atoms with Gasteiger partial charge >= 0.3 is 0 Å². The molecule has 0 aliphatic heterocycles. The molecule has 150 valence electrons. The highest BCUT2D eigenvalue weighted by Gasteiger charge is 2.40. The van der Waals surface area contributed by atoms with E-state index in [-0.39, 0.29) is 5.91 Å². The molecule has 2 aromatic rings. The first-order valence-corrected chi connectivity index (χ1v) is 10.4. The van der Waals surface area contributed by atoms with Gasteiger partial charge in [0.1, 0.15) is 18.0 Å². The molecular weight excluding hydrogens is 350 g/mol. The van der Waals surface area contributed by atoms with Gasteiger partial charge in [0.2, 0.25) is 0 Å². The molecule has 0 radical (unpaired) electrons.